The fourth-order valence-electron chi connectivity index (χ4n) is 10.9. The van der Waals surface area contributed by atoms with E-state index in [0.29, 0.717) is 23.7 Å². The van der Waals surface area contributed by atoms with Crippen LogP contribution in [-0.4, -0.2) is 113 Å². The summed E-state index contributed by atoms with van der Waals surface area (Å²) in [4.78, 5) is 71.4. The number of ether oxygens (including phenoxy) is 5. The van der Waals surface area contributed by atoms with Crippen LogP contribution < -0.4 is 5.32 Å². The van der Waals surface area contributed by atoms with Crippen molar-refractivity contribution in [2.75, 3.05) is 6.61 Å². The maximum absolute atomic E-state index is 15.2. The molecule has 0 radical (unpaired) electrons. The van der Waals surface area contributed by atoms with Gasteiger partial charge in [0.2, 0.25) is 0 Å². The molecule has 1 heterocycles. The Morgan fingerprint density at radius 2 is 1.51 bits per heavy atom. The van der Waals surface area contributed by atoms with E-state index in [1.54, 1.807) is 90.1 Å². The molecule has 2 aromatic rings. The number of rotatable bonds is 13. The van der Waals surface area contributed by atoms with E-state index in [-0.39, 0.29) is 29.7 Å². The molecule has 6 rings (SSSR count). The van der Waals surface area contributed by atoms with Gasteiger partial charge in [0.25, 0.3) is 0 Å². The number of alkyl carbamates (subject to hydrolysis) is 1. The largest absolute Gasteiger partial charge is 0.456 e. The Balaban J connectivity index is 1.55. The molecular weight excluding hydrogens is 855 g/mol. The number of carbonyl (C=O) groups is 5. The van der Waals surface area contributed by atoms with Crippen molar-refractivity contribution in [2.24, 2.45) is 16.7 Å². The summed E-state index contributed by atoms with van der Waals surface area (Å²) in [6, 6.07) is 17.6. The smallest absolute Gasteiger partial charge is 0.408 e. The zero-order valence-corrected chi connectivity index (χ0v) is 40.5. The average molecular weight is 922 g/mol. The quantitative estimate of drug-likeness (QED) is 0.0753. The molecule has 3 fully saturated rings. The number of amides is 1. The Labute approximate surface area is 382 Å². The van der Waals surface area contributed by atoms with Gasteiger partial charge in [0.15, 0.2) is 25.8 Å². The number of hydrogen-bond acceptors (Lipinski definition) is 14. The lowest BCUT2D eigenvalue weighted by atomic mass is 9.44. The van der Waals surface area contributed by atoms with Crippen LogP contribution in [0.5, 0.6) is 0 Å². The van der Waals surface area contributed by atoms with Gasteiger partial charge >= 0.3 is 24.0 Å². The first kappa shape index (κ1) is 50.0. The first-order valence-electron chi connectivity index (χ1n) is 22.7. The Morgan fingerprint density at radius 3 is 2.03 bits per heavy atom. The zero-order chi connectivity index (χ0) is 48.1. The van der Waals surface area contributed by atoms with Crippen LogP contribution >= 0.6 is 0 Å². The van der Waals surface area contributed by atoms with Crippen molar-refractivity contribution in [3.05, 3.63) is 82.9 Å². The Hall–Kier alpha value is -4.45. The number of aliphatic hydroxyl groups excluding tert-OH is 2. The van der Waals surface area contributed by atoms with E-state index in [4.69, 9.17) is 28.1 Å². The molecule has 11 unspecified atom stereocenters. The van der Waals surface area contributed by atoms with Crippen molar-refractivity contribution in [1.29, 1.82) is 0 Å². The molecule has 0 spiro atoms. The summed E-state index contributed by atoms with van der Waals surface area (Å²) in [6.45, 7) is 18.3. The van der Waals surface area contributed by atoms with Gasteiger partial charge in [-0.1, -0.05) is 83.1 Å². The summed E-state index contributed by atoms with van der Waals surface area (Å²) in [6.07, 6.45) is -10.5. The van der Waals surface area contributed by atoms with Gasteiger partial charge in [0.05, 0.1) is 35.6 Å². The van der Waals surface area contributed by atoms with Crippen molar-refractivity contribution in [1.82, 2.24) is 5.32 Å². The number of Topliss-reactive ketones (excluding diaryl/α,β-unsaturated/α-hetero) is 1. The summed E-state index contributed by atoms with van der Waals surface area (Å²) >= 11 is 0. The van der Waals surface area contributed by atoms with Gasteiger partial charge in [-0.25, -0.2) is 14.4 Å². The summed E-state index contributed by atoms with van der Waals surface area (Å²) < 4.78 is 37.6. The Bertz CT molecular complexity index is 2140. The van der Waals surface area contributed by atoms with Gasteiger partial charge in [0.1, 0.15) is 35.6 Å². The number of aliphatic hydroxyl groups is 3. The molecule has 2 bridgehead atoms. The van der Waals surface area contributed by atoms with Crippen molar-refractivity contribution in [3.63, 3.8) is 0 Å². The number of benzene rings is 2. The molecule has 65 heavy (non-hydrogen) atoms. The van der Waals surface area contributed by atoms with Crippen LogP contribution in [0, 0.1) is 16.7 Å². The lowest BCUT2D eigenvalue weighted by molar-refractivity contribution is -0.346. The predicted molar refractivity (Wildman–Crippen MR) is 240 cm³/mol. The molecule has 4 aliphatic rings. The standard InChI is InChI=1S/C49H67NO14Si/c1-12-65(13-2,14-3)64-38(36(30-21-17-15-18-22-30)50-44(57)63-45(6,7)8)43(56)60-32-26-49(58)41(61-42(55)31-23-19-16-20-24-31)39-47(11,40(54)37(53)35(28(32)4)46(49,9)10)33(52)25-34-48(39,27-59-34)62-29(5)51/h15-24,32-34,36-39,41,52-53,58H,12-14,25-27H2,1-11H3,(H,50,57). The van der Waals surface area contributed by atoms with Gasteiger partial charge in [-0.05, 0) is 81.6 Å². The molecule has 1 saturated heterocycles. The molecule has 16 heteroatoms. The van der Waals surface area contributed by atoms with Crippen LogP contribution in [0.25, 0.3) is 0 Å². The summed E-state index contributed by atoms with van der Waals surface area (Å²) in [5.41, 5.74) is -7.68. The average Bonchev–Trinajstić information content (AvgIpc) is 3.24. The number of ketones is 1. The van der Waals surface area contributed by atoms with Crippen molar-refractivity contribution >= 4 is 38.1 Å². The number of hydrogen-bond donors (Lipinski definition) is 4. The molecule has 4 N–H and O–H groups in total. The molecule has 1 amide bonds. The van der Waals surface area contributed by atoms with E-state index >= 15 is 9.59 Å². The van der Waals surface area contributed by atoms with Crippen molar-refractivity contribution in [2.45, 2.75) is 167 Å². The highest BCUT2D eigenvalue weighted by atomic mass is 28.4. The minimum atomic E-state index is -2.71. The van der Waals surface area contributed by atoms with E-state index in [0.717, 1.165) is 0 Å². The summed E-state index contributed by atoms with van der Waals surface area (Å²) in [5.74, 6) is -4.92. The first-order valence-corrected chi connectivity index (χ1v) is 25.2. The second-order valence-electron chi connectivity index (χ2n) is 19.9. The lowest BCUT2D eigenvalue weighted by Crippen LogP contribution is -2.81. The second-order valence-corrected chi connectivity index (χ2v) is 24.6. The van der Waals surface area contributed by atoms with Gasteiger partial charge in [-0.15, -0.1) is 0 Å². The molecule has 2 aromatic carbocycles. The number of nitrogens with one attached hydrogen (secondary N) is 1. The first-order chi connectivity index (χ1) is 30.4. The van der Waals surface area contributed by atoms with E-state index < -0.39 is 121 Å². The van der Waals surface area contributed by atoms with Crippen molar-refractivity contribution in [3.8, 4) is 0 Å². The SMILES string of the molecule is CC[Si](CC)(CC)OC(C(=O)OC1CC2(O)C(OC(=O)c3ccccc3)C3C4(OC(C)=O)COC4CC(O)C3(C)C(=O)C(O)C(=C1C)C2(C)C)C(NC(=O)OC(C)(C)C)c1ccccc1. The van der Waals surface area contributed by atoms with E-state index in [2.05, 4.69) is 5.32 Å². The minimum absolute atomic E-state index is 0.00133. The molecular formula is C49H67NO14Si. The van der Waals surface area contributed by atoms with Gasteiger partial charge < -0.3 is 48.7 Å². The highest BCUT2D eigenvalue weighted by Crippen LogP contribution is 2.64. The Morgan fingerprint density at radius 1 is 0.923 bits per heavy atom. The summed E-state index contributed by atoms with van der Waals surface area (Å²) in [7, 11) is -2.71. The van der Waals surface area contributed by atoms with Gasteiger partial charge in [-0.3, -0.25) is 9.59 Å². The van der Waals surface area contributed by atoms with Gasteiger partial charge in [-0.2, -0.15) is 0 Å². The van der Waals surface area contributed by atoms with E-state index in [1.165, 1.54) is 26.0 Å². The summed E-state index contributed by atoms with van der Waals surface area (Å²) in [5, 5.41) is 41.1. The zero-order valence-electron chi connectivity index (χ0n) is 39.5. The van der Waals surface area contributed by atoms with Crippen LogP contribution in [0.4, 0.5) is 4.79 Å². The fraction of sp³-hybridized carbons (Fsp3) is 0.612. The normalized spacial score (nSPS) is 31.6. The highest BCUT2D eigenvalue weighted by molar-refractivity contribution is 6.73. The minimum Gasteiger partial charge on any atom is -0.456 e. The molecule has 3 aliphatic carbocycles. The maximum atomic E-state index is 15.2. The molecule has 2 saturated carbocycles. The lowest BCUT2D eigenvalue weighted by Gasteiger charge is -2.67. The van der Waals surface area contributed by atoms with Gasteiger partial charge in [0, 0.05) is 25.2 Å². The molecule has 11 atom stereocenters. The maximum Gasteiger partial charge on any atom is 0.408 e. The van der Waals surface area contributed by atoms with Crippen LogP contribution in [0.15, 0.2) is 71.8 Å². The molecule has 15 nitrogen and oxygen atoms in total. The Kier molecular flexibility index (Phi) is 14.1. The fourth-order valence-corrected chi connectivity index (χ4v) is 13.7. The molecule has 0 aromatic heterocycles. The van der Waals surface area contributed by atoms with Crippen molar-refractivity contribution < 1.29 is 67.4 Å². The molecule has 356 valence electrons. The second kappa shape index (κ2) is 18.3. The highest BCUT2D eigenvalue weighted by Gasteiger charge is 2.78. The van der Waals surface area contributed by atoms with Crippen LogP contribution in [0.2, 0.25) is 18.1 Å². The molecule has 1 aliphatic heterocycles. The number of carbonyl (C=O) groups excluding carboxylic acids is 5. The van der Waals surface area contributed by atoms with Crippen LogP contribution in [0.1, 0.15) is 111 Å². The van der Waals surface area contributed by atoms with Crippen LogP contribution in [-0.2, 0) is 42.5 Å². The van der Waals surface area contributed by atoms with Crippen LogP contribution in [0.3, 0.4) is 0 Å². The van der Waals surface area contributed by atoms with E-state index in [9.17, 15) is 29.7 Å². The third-order valence-corrected chi connectivity index (χ3v) is 19.5. The third kappa shape index (κ3) is 8.82. The number of esters is 3. The monoisotopic (exact) mass is 921 g/mol. The number of fused-ring (bicyclic) bond motifs is 5. The third-order valence-electron chi connectivity index (χ3n) is 14.9. The van der Waals surface area contributed by atoms with E-state index in [1.807, 2.05) is 20.8 Å². The predicted octanol–water partition coefficient (Wildman–Crippen LogP) is 6.29. The topological polar surface area (TPSA) is 213 Å².